The third-order valence-corrected chi connectivity index (χ3v) is 7.41. The van der Waals surface area contributed by atoms with Gasteiger partial charge in [0.15, 0.2) is 11.5 Å². The molecule has 226 valence electrons. The number of nitriles is 1. The Kier molecular flexibility index (Phi) is 11.0. The number of ether oxygens (including phenoxy) is 3. The molecule has 1 aliphatic heterocycles. The molecule has 4 rings (SSSR count). The summed E-state index contributed by atoms with van der Waals surface area (Å²) in [5.74, 6) is -1.01. The normalized spacial score (nSPS) is 13.5. The summed E-state index contributed by atoms with van der Waals surface area (Å²) in [4.78, 5) is 51.7. The van der Waals surface area contributed by atoms with Crippen molar-refractivity contribution < 1.29 is 33.4 Å². The number of nitrogens with zero attached hydrogens (tertiary/aromatic N) is 2. The third kappa shape index (κ3) is 7.98. The van der Waals surface area contributed by atoms with Gasteiger partial charge in [0.2, 0.25) is 5.91 Å². The summed E-state index contributed by atoms with van der Waals surface area (Å²) in [6.07, 6.45) is 2.17. The lowest BCUT2D eigenvalue weighted by molar-refractivity contribution is -0.127. The molecule has 1 heterocycles. The molecular formula is C32H28ClN3O7S. The number of thioether (sulfide) groups is 1. The van der Waals surface area contributed by atoms with Crippen molar-refractivity contribution in [1.29, 1.82) is 5.26 Å². The van der Waals surface area contributed by atoms with Crippen molar-refractivity contribution in [1.82, 2.24) is 4.90 Å². The summed E-state index contributed by atoms with van der Waals surface area (Å²) in [6.45, 7) is 3.89. The molecule has 1 N–H and O–H groups in total. The number of esters is 1. The lowest BCUT2D eigenvalue weighted by atomic mass is 10.1. The predicted molar refractivity (Wildman–Crippen MR) is 166 cm³/mol. The lowest BCUT2D eigenvalue weighted by Crippen LogP contribution is -2.36. The number of carbonyl (C=O) groups is 4. The Hall–Kier alpha value is -4.79. The summed E-state index contributed by atoms with van der Waals surface area (Å²) in [6, 6.07) is 18.6. The number of imide groups is 1. The van der Waals surface area contributed by atoms with E-state index in [1.807, 2.05) is 19.9 Å². The second-order valence-corrected chi connectivity index (χ2v) is 10.7. The molecule has 1 fully saturated rings. The van der Waals surface area contributed by atoms with E-state index in [4.69, 9.17) is 25.8 Å². The molecule has 12 heteroatoms. The average Bonchev–Trinajstić information content (AvgIpc) is 3.27. The van der Waals surface area contributed by atoms with Crippen LogP contribution in [0, 0.1) is 11.3 Å². The average molecular weight is 634 g/mol. The molecule has 3 aromatic carbocycles. The van der Waals surface area contributed by atoms with Crippen LogP contribution in [0.15, 0.2) is 65.6 Å². The fourth-order valence-corrected chi connectivity index (χ4v) is 5.11. The number of nitrogens with one attached hydrogen (secondary N) is 1. The highest BCUT2D eigenvalue weighted by Gasteiger charge is 2.36. The summed E-state index contributed by atoms with van der Waals surface area (Å²) in [5, 5.41) is 11.5. The summed E-state index contributed by atoms with van der Waals surface area (Å²) in [7, 11) is 0. The van der Waals surface area contributed by atoms with Crippen molar-refractivity contribution in [3.8, 4) is 17.6 Å². The highest BCUT2D eigenvalue weighted by Crippen LogP contribution is 2.35. The first kappa shape index (κ1) is 32.1. The monoisotopic (exact) mass is 633 g/mol. The largest absolute Gasteiger partial charge is 0.490 e. The van der Waals surface area contributed by atoms with E-state index in [1.54, 1.807) is 36.4 Å². The van der Waals surface area contributed by atoms with E-state index in [9.17, 15) is 24.4 Å². The minimum atomic E-state index is -0.637. The summed E-state index contributed by atoms with van der Waals surface area (Å²) >= 11 is 6.82. The van der Waals surface area contributed by atoms with Gasteiger partial charge in [0.25, 0.3) is 11.1 Å². The van der Waals surface area contributed by atoms with E-state index < -0.39 is 29.6 Å². The van der Waals surface area contributed by atoms with Gasteiger partial charge in [-0.25, -0.2) is 4.79 Å². The Bertz CT molecular complexity index is 1670. The van der Waals surface area contributed by atoms with E-state index in [1.165, 1.54) is 24.3 Å². The Balaban J connectivity index is 1.43. The Morgan fingerprint density at radius 1 is 1.05 bits per heavy atom. The number of hydrogen-bond donors (Lipinski definition) is 1. The number of rotatable bonds is 12. The van der Waals surface area contributed by atoms with Gasteiger partial charge in [-0.1, -0.05) is 42.8 Å². The molecule has 1 aliphatic rings. The zero-order chi connectivity index (χ0) is 31.6. The SMILES string of the molecule is CCCOC(=O)c1cc(NC(=O)CN2C(=O)S/C(=C/c3ccc(OCc4ccccc4C#N)c(OCC)c3)C2=O)ccc1Cl. The first-order chi connectivity index (χ1) is 21.2. The second kappa shape index (κ2) is 15.1. The molecule has 0 saturated carbocycles. The van der Waals surface area contributed by atoms with Crippen LogP contribution in [-0.4, -0.2) is 47.7 Å². The Morgan fingerprint density at radius 3 is 2.59 bits per heavy atom. The van der Waals surface area contributed by atoms with Crippen LogP contribution in [0.1, 0.15) is 47.3 Å². The number of carbonyl (C=O) groups excluding carboxylic acids is 4. The number of anilines is 1. The maximum Gasteiger partial charge on any atom is 0.339 e. The molecule has 44 heavy (non-hydrogen) atoms. The van der Waals surface area contributed by atoms with Gasteiger partial charge in [0, 0.05) is 11.3 Å². The standard InChI is InChI=1S/C32H28ClN3O7S/c1-3-13-42-31(39)24-16-23(10-11-25(24)33)35-29(37)18-36-30(38)28(44-32(36)40)15-20-9-12-26(27(14-20)41-4-2)43-19-22-8-6-5-7-21(22)17-34/h5-12,14-16H,3-4,13,18-19H2,1-2H3,(H,35,37)/b28-15+. The van der Waals surface area contributed by atoms with Crippen LogP contribution in [0.5, 0.6) is 11.5 Å². The highest BCUT2D eigenvalue weighted by molar-refractivity contribution is 8.18. The Labute approximate surface area is 263 Å². The van der Waals surface area contributed by atoms with Gasteiger partial charge >= 0.3 is 5.97 Å². The zero-order valence-electron chi connectivity index (χ0n) is 23.9. The molecule has 0 aromatic heterocycles. The molecule has 0 radical (unpaired) electrons. The molecular weight excluding hydrogens is 606 g/mol. The van der Waals surface area contributed by atoms with E-state index in [-0.39, 0.29) is 34.4 Å². The van der Waals surface area contributed by atoms with E-state index >= 15 is 0 Å². The zero-order valence-corrected chi connectivity index (χ0v) is 25.5. The van der Waals surface area contributed by atoms with Gasteiger partial charge in [-0.05, 0) is 73.1 Å². The van der Waals surface area contributed by atoms with Crippen molar-refractivity contribution in [2.45, 2.75) is 26.9 Å². The van der Waals surface area contributed by atoms with Crippen LogP contribution in [-0.2, 0) is 20.9 Å². The number of benzene rings is 3. The van der Waals surface area contributed by atoms with Gasteiger partial charge in [0.1, 0.15) is 13.2 Å². The molecule has 0 unspecified atom stereocenters. The van der Waals surface area contributed by atoms with Crippen LogP contribution in [0.4, 0.5) is 10.5 Å². The molecule has 0 atom stereocenters. The minimum Gasteiger partial charge on any atom is -0.490 e. The lowest BCUT2D eigenvalue weighted by Gasteiger charge is -2.14. The van der Waals surface area contributed by atoms with Crippen LogP contribution < -0.4 is 14.8 Å². The van der Waals surface area contributed by atoms with Crippen molar-refractivity contribution in [2.24, 2.45) is 0 Å². The van der Waals surface area contributed by atoms with E-state index in [2.05, 4.69) is 11.4 Å². The van der Waals surface area contributed by atoms with E-state index in [0.717, 1.165) is 10.5 Å². The fourth-order valence-electron chi connectivity index (χ4n) is 4.08. The van der Waals surface area contributed by atoms with Crippen molar-refractivity contribution >= 4 is 58.1 Å². The van der Waals surface area contributed by atoms with Crippen LogP contribution in [0.3, 0.4) is 0 Å². The van der Waals surface area contributed by atoms with Gasteiger partial charge in [-0.15, -0.1) is 0 Å². The van der Waals surface area contributed by atoms with Gasteiger partial charge < -0.3 is 19.5 Å². The third-order valence-electron chi connectivity index (χ3n) is 6.17. The first-order valence-corrected chi connectivity index (χ1v) is 14.8. The topological polar surface area (TPSA) is 135 Å². The number of hydrogen-bond acceptors (Lipinski definition) is 9. The van der Waals surface area contributed by atoms with E-state index in [0.29, 0.717) is 47.4 Å². The maximum absolute atomic E-state index is 13.1. The molecule has 0 aliphatic carbocycles. The smallest absolute Gasteiger partial charge is 0.339 e. The summed E-state index contributed by atoms with van der Waals surface area (Å²) < 4.78 is 16.8. The van der Waals surface area contributed by atoms with Gasteiger partial charge in [0.05, 0.1) is 40.3 Å². The molecule has 0 spiro atoms. The van der Waals surface area contributed by atoms with Crippen molar-refractivity contribution in [2.75, 3.05) is 25.1 Å². The molecule has 0 bridgehead atoms. The van der Waals surface area contributed by atoms with Crippen molar-refractivity contribution in [3.63, 3.8) is 0 Å². The maximum atomic E-state index is 13.1. The minimum absolute atomic E-state index is 0.0850. The first-order valence-electron chi connectivity index (χ1n) is 13.6. The molecule has 3 amide bonds. The Morgan fingerprint density at radius 2 is 1.84 bits per heavy atom. The van der Waals surface area contributed by atoms with Gasteiger partial charge in [-0.3, -0.25) is 19.3 Å². The number of halogens is 1. The fraction of sp³-hybridized carbons (Fsp3) is 0.219. The second-order valence-electron chi connectivity index (χ2n) is 9.34. The van der Waals surface area contributed by atoms with Gasteiger partial charge in [-0.2, -0.15) is 5.26 Å². The van der Waals surface area contributed by atoms with Crippen LogP contribution in [0.25, 0.3) is 6.08 Å². The molecule has 3 aromatic rings. The van der Waals surface area contributed by atoms with Crippen molar-refractivity contribution in [3.05, 3.63) is 92.8 Å². The number of amides is 3. The highest BCUT2D eigenvalue weighted by atomic mass is 35.5. The molecule has 10 nitrogen and oxygen atoms in total. The predicted octanol–water partition coefficient (Wildman–Crippen LogP) is 6.43. The quantitative estimate of drug-likeness (QED) is 0.177. The summed E-state index contributed by atoms with van der Waals surface area (Å²) in [5.41, 5.74) is 2.16. The van der Waals surface area contributed by atoms with Crippen LogP contribution in [0.2, 0.25) is 5.02 Å². The van der Waals surface area contributed by atoms with Crippen LogP contribution >= 0.6 is 23.4 Å². The molecule has 1 saturated heterocycles.